The molecule has 1 aliphatic carbocycles. The SMILES string of the molecule is CCn1c(Sc2cc(Cl)nc(C3CC3)n2)nnc1-c1cnccn1. The van der Waals surface area contributed by atoms with Crippen LogP contribution in [0.3, 0.4) is 0 Å². The number of aromatic nitrogens is 7. The van der Waals surface area contributed by atoms with Gasteiger partial charge in [-0.2, -0.15) is 0 Å². The highest BCUT2D eigenvalue weighted by atomic mass is 35.5. The van der Waals surface area contributed by atoms with Crippen LogP contribution in [-0.4, -0.2) is 34.7 Å². The van der Waals surface area contributed by atoms with Crippen molar-refractivity contribution in [2.24, 2.45) is 0 Å². The van der Waals surface area contributed by atoms with Gasteiger partial charge in [0.15, 0.2) is 11.0 Å². The molecule has 3 aromatic rings. The summed E-state index contributed by atoms with van der Waals surface area (Å²) in [6.45, 7) is 2.76. The van der Waals surface area contributed by atoms with E-state index in [1.54, 1.807) is 24.7 Å². The molecule has 0 radical (unpaired) electrons. The standard InChI is InChI=1S/C15H14ClN7S/c1-2-23-14(10-8-17-5-6-18-10)21-22-15(23)24-12-7-11(16)19-13(20-12)9-3-4-9/h5-9H,2-4H2,1H3. The first kappa shape index (κ1) is 15.5. The van der Waals surface area contributed by atoms with Crippen molar-refractivity contribution in [2.45, 2.75) is 42.4 Å². The van der Waals surface area contributed by atoms with Crippen LogP contribution in [0.25, 0.3) is 11.5 Å². The topological polar surface area (TPSA) is 82.3 Å². The van der Waals surface area contributed by atoms with Crippen LogP contribution in [0.5, 0.6) is 0 Å². The highest BCUT2D eigenvalue weighted by Crippen LogP contribution is 2.39. The van der Waals surface area contributed by atoms with Crippen molar-refractivity contribution in [1.82, 2.24) is 34.7 Å². The molecule has 3 heterocycles. The highest BCUT2D eigenvalue weighted by Gasteiger charge is 2.27. The van der Waals surface area contributed by atoms with E-state index in [1.165, 1.54) is 11.8 Å². The molecule has 0 aliphatic heterocycles. The Kier molecular flexibility index (Phi) is 4.15. The van der Waals surface area contributed by atoms with Crippen molar-refractivity contribution in [1.29, 1.82) is 0 Å². The maximum absolute atomic E-state index is 6.14. The Balaban J connectivity index is 1.67. The van der Waals surface area contributed by atoms with Gasteiger partial charge in [0.05, 0.1) is 6.20 Å². The molecule has 0 aromatic carbocycles. The smallest absolute Gasteiger partial charge is 0.197 e. The van der Waals surface area contributed by atoms with E-state index in [-0.39, 0.29) is 0 Å². The Morgan fingerprint density at radius 1 is 1.25 bits per heavy atom. The normalized spacial score (nSPS) is 14.1. The second kappa shape index (κ2) is 6.45. The van der Waals surface area contributed by atoms with Crippen LogP contribution in [0.4, 0.5) is 0 Å². The van der Waals surface area contributed by atoms with E-state index in [2.05, 4.69) is 30.1 Å². The molecule has 0 bridgehead atoms. The minimum atomic E-state index is 0.447. The van der Waals surface area contributed by atoms with E-state index in [1.807, 2.05) is 11.5 Å². The predicted octanol–water partition coefficient (Wildman–Crippen LogP) is 3.23. The number of hydrogen-bond donors (Lipinski definition) is 0. The van der Waals surface area contributed by atoms with E-state index in [0.29, 0.717) is 22.6 Å². The molecule has 0 saturated heterocycles. The van der Waals surface area contributed by atoms with Crippen LogP contribution in [0.1, 0.15) is 31.5 Å². The molecule has 0 unspecified atom stereocenters. The molecule has 1 aliphatic rings. The molecule has 0 amide bonds. The molecule has 4 rings (SSSR count). The number of nitrogens with zero attached hydrogens (tertiary/aromatic N) is 7. The zero-order valence-corrected chi connectivity index (χ0v) is 14.5. The van der Waals surface area contributed by atoms with Gasteiger partial charge in [-0.1, -0.05) is 11.6 Å². The average molecular weight is 360 g/mol. The van der Waals surface area contributed by atoms with Crippen LogP contribution in [-0.2, 0) is 6.54 Å². The number of halogens is 1. The van der Waals surface area contributed by atoms with Crippen molar-refractivity contribution in [3.8, 4) is 11.5 Å². The fourth-order valence-corrected chi connectivity index (χ4v) is 3.50. The molecule has 1 saturated carbocycles. The summed E-state index contributed by atoms with van der Waals surface area (Å²) in [6, 6.07) is 1.76. The summed E-state index contributed by atoms with van der Waals surface area (Å²) in [4.78, 5) is 17.3. The van der Waals surface area contributed by atoms with Gasteiger partial charge in [-0.05, 0) is 31.5 Å². The van der Waals surface area contributed by atoms with E-state index < -0.39 is 0 Å². The summed E-state index contributed by atoms with van der Waals surface area (Å²) >= 11 is 7.57. The maximum atomic E-state index is 6.14. The van der Waals surface area contributed by atoms with Crippen molar-refractivity contribution in [3.05, 3.63) is 35.6 Å². The van der Waals surface area contributed by atoms with Crippen LogP contribution in [0, 0.1) is 0 Å². The first-order valence-electron chi connectivity index (χ1n) is 7.66. The third-order valence-electron chi connectivity index (χ3n) is 3.65. The highest BCUT2D eigenvalue weighted by molar-refractivity contribution is 7.99. The monoisotopic (exact) mass is 359 g/mol. The molecule has 7 nitrogen and oxygen atoms in total. The average Bonchev–Trinajstić information content (AvgIpc) is 3.37. The van der Waals surface area contributed by atoms with Crippen LogP contribution >= 0.6 is 23.4 Å². The summed E-state index contributed by atoms with van der Waals surface area (Å²) in [7, 11) is 0. The molecular formula is C15H14ClN7S. The second-order valence-corrected chi connectivity index (χ2v) is 6.78. The minimum Gasteiger partial charge on any atom is -0.301 e. The molecule has 0 atom stereocenters. The maximum Gasteiger partial charge on any atom is 0.197 e. The summed E-state index contributed by atoms with van der Waals surface area (Å²) in [5.41, 5.74) is 0.693. The van der Waals surface area contributed by atoms with Gasteiger partial charge in [-0.3, -0.25) is 4.98 Å². The van der Waals surface area contributed by atoms with Gasteiger partial charge in [-0.25, -0.2) is 15.0 Å². The fraction of sp³-hybridized carbons (Fsp3) is 0.333. The predicted molar refractivity (Wildman–Crippen MR) is 89.9 cm³/mol. The van der Waals surface area contributed by atoms with Gasteiger partial charge in [0, 0.05) is 30.9 Å². The molecule has 1 fully saturated rings. The van der Waals surface area contributed by atoms with Crippen LogP contribution in [0.2, 0.25) is 5.15 Å². The molecule has 0 N–H and O–H groups in total. The van der Waals surface area contributed by atoms with Crippen molar-refractivity contribution >= 4 is 23.4 Å². The molecule has 3 aromatic heterocycles. The third-order valence-corrected chi connectivity index (χ3v) is 4.75. The van der Waals surface area contributed by atoms with Gasteiger partial charge >= 0.3 is 0 Å². The molecular weight excluding hydrogens is 346 g/mol. The lowest BCUT2D eigenvalue weighted by molar-refractivity contribution is 0.684. The lowest BCUT2D eigenvalue weighted by Gasteiger charge is -2.07. The van der Waals surface area contributed by atoms with Crippen molar-refractivity contribution < 1.29 is 0 Å². The lowest BCUT2D eigenvalue weighted by Crippen LogP contribution is -2.01. The van der Waals surface area contributed by atoms with E-state index in [0.717, 1.165) is 35.4 Å². The zero-order chi connectivity index (χ0) is 16.5. The van der Waals surface area contributed by atoms with Crippen LogP contribution in [0.15, 0.2) is 34.8 Å². The van der Waals surface area contributed by atoms with Gasteiger partial charge in [-0.15, -0.1) is 10.2 Å². The lowest BCUT2D eigenvalue weighted by atomic mass is 10.4. The Labute approximate surface area is 147 Å². The van der Waals surface area contributed by atoms with Crippen molar-refractivity contribution in [2.75, 3.05) is 0 Å². The van der Waals surface area contributed by atoms with Crippen LogP contribution < -0.4 is 0 Å². The Hall–Kier alpha value is -2.06. The van der Waals surface area contributed by atoms with E-state index in [4.69, 9.17) is 11.6 Å². The first-order valence-corrected chi connectivity index (χ1v) is 8.86. The quantitative estimate of drug-likeness (QED) is 0.646. The molecule has 122 valence electrons. The van der Waals surface area contributed by atoms with Gasteiger partial charge in [0.1, 0.15) is 21.7 Å². The van der Waals surface area contributed by atoms with Gasteiger partial charge in [0.2, 0.25) is 0 Å². The summed E-state index contributed by atoms with van der Waals surface area (Å²) in [5.74, 6) is 1.96. The Morgan fingerprint density at radius 3 is 2.83 bits per heavy atom. The summed E-state index contributed by atoms with van der Waals surface area (Å²) < 4.78 is 1.99. The third kappa shape index (κ3) is 3.11. The Bertz CT molecular complexity index is 864. The van der Waals surface area contributed by atoms with E-state index >= 15 is 0 Å². The minimum absolute atomic E-state index is 0.447. The van der Waals surface area contributed by atoms with Gasteiger partial charge in [0.25, 0.3) is 0 Å². The fourth-order valence-electron chi connectivity index (χ4n) is 2.34. The zero-order valence-electron chi connectivity index (χ0n) is 12.9. The Morgan fingerprint density at radius 2 is 2.12 bits per heavy atom. The van der Waals surface area contributed by atoms with E-state index in [9.17, 15) is 0 Å². The van der Waals surface area contributed by atoms with Gasteiger partial charge < -0.3 is 4.57 Å². The first-order chi connectivity index (χ1) is 11.7. The van der Waals surface area contributed by atoms with Crippen molar-refractivity contribution in [3.63, 3.8) is 0 Å². The largest absolute Gasteiger partial charge is 0.301 e. The number of rotatable bonds is 5. The number of hydrogen-bond acceptors (Lipinski definition) is 7. The summed E-state index contributed by atoms with van der Waals surface area (Å²) in [5, 5.41) is 10.5. The molecule has 0 spiro atoms. The summed E-state index contributed by atoms with van der Waals surface area (Å²) in [6.07, 6.45) is 7.22. The second-order valence-electron chi connectivity index (χ2n) is 5.40. The molecule has 24 heavy (non-hydrogen) atoms. The molecule has 9 heteroatoms.